The third kappa shape index (κ3) is 5.56. The van der Waals surface area contributed by atoms with Crippen LogP contribution in [0.2, 0.25) is 5.02 Å². The Morgan fingerprint density at radius 3 is 2.82 bits per heavy atom. The molecule has 176 valence electrons. The maximum Gasteiger partial charge on any atom is 0.272 e. The van der Waals surface area contributed by atoms with Crippen LogP contribution >= 0.6 is 22.9 Å². The number of hydrogen-bond donors (Lipinski definition) is 3. The van der Waals surface area contributed by atoms with Crippen LogP contribution in [0.15, 0.2) is 63.4 Å². The van der Waals surface area contributed by atoms with E-state index in [2.05, 4.69) is 15.9 Å². The molecule has 0 unspecified atom stereocenters. The van der Waals surface area contributed by atoms with Crippen molar-refractivity contribution in [2.75, 3.05) is 5.43 Å². The fourth-order valence-corrected chi connectivity index (χ4v) is 4.35. The number of nitrogens with one attached hydrogen (secondary N) is 2. The van der Waals surface area contributed by atoms with Crippen LogP contribution < -0.4 is 22.0 Å². The second-order valence-electron chi connectivity index (χ2n) is 7.72. The first kappa shape index (κ1) is 23.7. The van der Waals surface area contributed by atoms with E-state index in [9.17, 15) is 9.59 Å². The molecule has 1 amide bonds. The highest BCUT2D eigenvalue weighted by molar-refractivity contribution is 7.13. The highest BCUT2D eigenvalue weighted by Gasteiger charge is 2.14. The number of aryl methyl sites for hydroxylation is 1. The molecule has 3 heterocycles. The number of rotatable bonds is 9. The van der Waals surface area contributed by atoms with Gasteiger partial charge in [0.05, 0.1) is 17.8 Å². The van der Waals surface area contributed by atoms with Crippen molar-refractivity contribution in [3.8, 4) is 10.6 Å². The molecule has 8 nitrogen and oxygen atoms in total. The molecule has 0 radical (unpaired) electrons. The molecule has 0 atom stereocenters. The van der Waals surface area contributed by atoms with Crippen LogP contribution in [0.25, 0.3) is 10.6 Å². The number of hydrogen-bond acceptors (Lipinski definition) is 7. The largest absolute Gasteiger partial charge is 0.355 e. The standard InChI is InChI=1S/C24H24ClN5O3S/c1-15-6-7-30(28-14-19-10-21(33-29-19)22-3-2-8-34-22)24(32)20(15)11-23(31)27-13-17-9-18(25)5-4-16(17)12-26/h2-10,28H,11-14,26H2,1H3,(H,27,31). The van der Waals surface area contributed by atoms with Gasteiger partial charge < -0.3 is 21.0 Å². The van der Waals surface area contributed by atoms with Crippen LogP contribution in [-0.2, 0) is 30.8 Å². The van der Waals surface area contributed by atoms with Gasteiger partial charge in [0, 0.05) is 35.9 Å². The van der Waals surface area contributed by atoms with Crippen molar-refractivity contribution >= 4 is 28.8 Å². The highest BCUT2D eigenvalue weighted by atomic mass is 35.5. The van der Waals surface area contributed by atoms with Crippen molar-refractivity contribution in [1.29, 1.82) is 0 Å². The zero-order valence-electron chi connectivity index (χ0n) is 18.5. The number of pyridine rings is 1. The molecular weight excluding hydrogens is 474 g/mol. The number of aromatic nitrogens is 2. The van der Waals surface area contributed by atoms with Gasteiger partial charge in [-0.25, -0.2) is 4.68 Å². The van der Waals surface area contributed by atoms with Crippen LogP contribution in [-0.4, -0.2) is 15.7 Å². The van der Waals surface area contributed by atoms with Crippen LogP contribution in [0.5, 0.6) is 0 Å². The molecule has 3 aromatic heterocycles. The molecule has 0 aliphatic rings. The summed E-state index contributed by atoms with van der Waals surface area (Å²) in [6, 6.07) is 12.9. The van der Waals surface area contributed by atoms with Gasteiger partial charge in [0.1, 0.15) is 5.69 Å². The van der Waals surface area contributed by atoms with E-state index >= 15 is 0 Å². The minimum absolute atomic E-state index is 0.0435. The first-order valence-corrected chi connectivity index (χ1v) is 11.9. The second kappa shape index (κ2) is 10.7. The van der Waals surface area contributed by atoms with Gasteiger partial charge in [-0.3, -0.25) is 9.59 Å². The number of amides is 1. The first-order valence-electron chi connectivity index (χ1n) is 10.6. The van der Waals surface area contributed by atoms with Gasteiger partial charge in [-0.1, -0.05) is 28.9 Å². The lowest BCUT2D eigenvalue weighted by Gasteiger charge is -2.13. The summed E-state index contributed by atoms with van der Waals surface area (Å²) in [5.74, 6) is 0.413. The third-order valence-electron chi connectivity index (χ3n) is 5.38. The van der Waals surface area contributed by atoms with Crippen molar-refractivity contribution in [2.45, 2.75) is 33.0 Å². The van der Waals surface area contributed by atoms with E-state index in [1.807, 2.05) is 36.6 Å². The van der Waals surface area contributed by atoms with Crippen molar-refractivity contribution in [2.24, 2.45) is 5.73 Å². The van der Waals surface area contributed by atoms with Crippen molar-refractivity contribution in [3.05, 3.63) is 97.4 Å². The molecule has 4 rings (SSSR count). The summed E-state index contributed by atoms with van der Waals surface area (Å²) in [6.45, 7) is 2.72. The number of thiophene rings is 1. The van der Waals surface area contributed by atoms with Crippen LogP contribution in [0.1, 0.15) is 27.9 Å². The topological polar surface area (TPSA) is 115 Å². The molecule has 0 spiro atoms. The summed E-state index contributed by atoms with van der Waals surface area (Å²) in [7, 11) is 0. The van der Waals surface area contributed by atoms with E-state index in [1.54, 1.807) is 35.7 Å². The number of nitrogens with zero attached hydrogens (tertiary/aromatic N) is 2. The fourth-order valence-electron chi connectivity index (χ4n) is 3.48. The molecule has 10 heteroatoms. The van der Waals surface area contributed by atoms with Crippen LogP contribution in [0, 0.1) is 6.92 Å². The predicted molar refractivity (Wildman–Crippen MR) is 133 cm³/mol. The van der Waals surface area contributed by atoms with Crippen LogP contribution in [0.3, 0.4) is 0 Å². The van der Waals surface area contributed by atoms with Gasteiger partial charge in [0.2, 0.25) is 5.91 Å². The molecule has 0 saturated heterocycles. The zero-order chi connectivity index (χ0) is 24.1. The normalized spacial score (nSPS) is 10.9. The maximum atomic E-state index is 13.0. The minimum Gasteiger partial charge on any atom is -0.355 e. The number of halogens is 1. The van der Waals surface area contributed by atoms with Crippen molar-refractivity contribution < 1.29 is 9.32 Å². The third-order valence-corrected chi connectivity index (χ3v) is 6.50. The summed E-state index contributed by atoms with van der Waals surface area (Å²) in [5, 5.41) is 9.44. The summed E-state index contributed by atoms with van der Waals surface area (Å²) >= 11 is 7.63. The van der Waals surface area contributed by atoms with Gasteiger partial charge in [0.15, 0.2) is 5.76 Å². The fraction of sp³-hybridized carbons (Fsp3) is 0.208. The zero-order valence-corrected chi connectivity index (χ0v) is 20.1. The lowest BCUT2D eigenvalue weighted by molar-refractivity contribution is -0.120. The SMILES string of the molecule is Cc1ccn(NCc2cc(-c3cccs3)on2)c(=O)c1CC(=O)NCc1cc(Cl)ccc1CN. The van der Waals surface area contributed by atoms with Crippen LogP contribution in [0.4, 0.5) is 0 Å². The molecule has 1 aromatic carbocycles. The Balaban J connectivity index is 1.41. The number of carbonyl (C=O) groups is 1. The summed E-state index contributed by atoms with van der Waals surface area (Å²) in [5.41, 5.74) is 12.1. The summed E-state index contributed by atoms with van der Waals surface area (Å²) in [6.07, 6.45) is 1.59. The average Bonchev–Trinajstić information content (AvgIpc) is 3.52. The van der Waals surface area contributed by atoms with Gasteiger partial charge in [0.25, 0.3) is 5.56 Å². The highest BCUT2D eigenvalue weighted by Crippen LogP contribution is 2.25. The first-order chi connectivity index (χ1) is 16.4. The Hall–Kier alpha value is -3.40. The predicted octanol–water partition coefficient (Wildman–Crippen LogP) is 3.59. The lowest BCUT2D eigenvalue weighted by Crippen LogP contribution is -2.34. The molecule has 4 aromatic rings. The molecule has 0 aliphatic carbocycles. The molecule has 0 aliphatic heterocycles. The molecule has 0 bridgehead atoms. The number of carbonyl (C=O) groups excluding carboxylic acids is 1. The van der Waals surface area contributed by atoms with E-state index in [4.69, 9.17) is 21.9 Å². The summed E-state index contributed by atoms with van der Waals surface area (Å²) < 4.78 is 6.73. The van der Waals surface area contributed by atoms with Gasteiger partial charge in [-0.15, -0.1) is 11.3 Å². The Labute approximate surface area is 205 Å². The molecule has 0 saturated carbocycles. The van der Waals surface area contributed by atoms with E-state index in [-0.39, 0.29) is 24.4 Å². The monoisotopic (exact) mass is 497 g/mol. The Kier molecular flexibility index (Phi) is 7.46. The molecule has 0 fully saturated rings. The Morgan fingerprint density at radius 1 is 1.21 bits per heavy atom. The van der Waals surface area contributed by atoms with Gasteiger partial charge in [-0.2, -0.15) is 0 Å². The molecular formula is C24H24ClN5O3S. The number of nitrogens with two attached hydrogens (primary N) is 1. The Morgan fingerprint density at radius 2 is 2.06 bits per heavy atom. The summed E-state index contributed by atoms with van der Waals surface area (Å²) in [4.78, 5) is 26.6. The van der Waals surface area contributed by atoms with E-state index in [1.165, 1.54) is 4.68 Å². The van der Waals surface area contributed by atoms with Gasteiger partial charge >= 0.3 is 0 Å². The second-order valence-corrected chi connectivity index (χ2v) is 9.10. The van der Waals surface area contributed by atoms with E-state index < -0.39 is 0 Å². The van der Waals surface area contributed by atoms with Gasteiger partial charge in [-0.05, 0) is 53.3 Å². The smallest absolute Gasteiger partial charge is 0.272 e. The maximum absolute atomic E-state index is 13.0. The quantitative estimate of drug-likeness (QED) is 0.325. The van der Waals surface area contributed by atoms with E-state index in [0.717, 1.165) is 21.6 Å². The molecule has 4 N–H and O–H groups in total. The van der Waals surface area contributed by atoms with Crippen molar-refractivity contribution in [3.63, 3.8) is 0 Å². The van der Waals surface area contributed by atoms with Crippen molar-refractivity contribution in [1.82, 2.24) is 15.1 Å². The van der Waals surface area contributed by atoms with E-state index in [0.29, 0.717) is 35.1 Å². The molecule has 34 heavy (non-hydrogen) atoms. The average molecular weight is 498 g/mol. The lowest BCUT2D eigenvalue weighted by atomic mass is 10.1. The Bertz CT molecular complexity index is 1350. The number of benzene rings is 1. The minimum atomic E-state index is -0.289.